The third kappa shape index (κ3) is 3.37. The van der Waals surface area contributed by atoms with Crippen LogP contribution in [0.3, 0.4) is 0 Å². The van der Waals surface area contributed by atoms with Crippen molar-refractivity contribution in [3.63, 3.8) is 0 Å². The maximum Gasteiger partial charge on any atom is 0.191 e. The minimum atomic E-state index is -0.372. The quantitative estimate of drug-likeness (QED) is 0.663. The summed E-state index contributed by atoms with van der Waals surface area (Å²) >= 11 is 11.6. The Morgan fingerprint density at radius 1 is 1.11 bits per heavy atom. The highest BCUT2D eigenvalue weighted by Crippen LogP contribution is 2.30. The summed E-state index contributed by atoms with van der Waals surface area (Å²) in [5.41, 5.74) is 0.943. The lowest BCUT2D eigenvalue weighted by Gasteiger charge is -2.04. The van der Waals surface area contributed by atoms with Crippen molar-refractivity contribution >= 4 is 35.1 Å². The molecule has 1 N–H and O–H groups in total. The Hall–Kier alpha value is -1.77. The number of hydrogen-bond donors (Lipinski definition) is 1. The standard InChI is InChI=1S/C15H10Cl2O2/c16-11-8-12(17)15(14(19)9-11)13(18)7-6-10-4-2-1-3-5-10/h1-9,19H/b7-6+. The van der Waals surface area contributed by atoms with Crippen LogP contribution >= 0.6 is 23.2 Å². The first kappa shape index (κ1) is 13.7. The number of phenolic OH excluding ortho intramolecular Hbond substituents is 1. The smallest absolute Gasteiger partial charge is 0.191 e. The fourth-order valence-corrected chi connectivity index (χ4v) is 2.20. The zero-order valence-corrected chi connectivity index (χ0v) is 11.3. The second-order valence-electron chi connectivity index (χ2n) is 3.89. The van der Waals surface area contributed by atoms with E-state index in [1.54, 1.807) is 6.08 Å². The van der Waals surface area contributed by atoms with Gasteiger partial charge in [0.05, 0.1) is 10.6 Å². The lowest BCUT2D eigenvalue weighted by molar-refractivity contribution is 0.104. The molecule has 2 nitrogen and oxygen atoms in total. The number of halogens is 2. The van der Waals surface area contributed by atoms with E-state index in [9.17, 15) is 9.90 Å². The topological polar surface area (TPSA) is 37.3 Å². The normalized spacial score (nSPS) is 10.8. The summed E-state index contributed by atoms with van der Waals surface area (Å²) in [6, 6.07) is 12.1. The largest absolute Gasteiger partial charge is 0.507 e. The molecular formula is C15H10Cl2O2. The second kappa shape index (κ2) is 5.91. The molecule has 19 heavy (non-hydrogen) atoms. The van der Waals surface area contributed by atoms with E-state index in [-0.39, 0.29) is 27.1 Å². The highest BCUT2D eigenvalue weighted by molar-refractivity contribution is 6.38. The number of carbonyl (C=O) groups excluding carboxylic acids is 1. The highest BCUT2D eigenvalue weighted by atomic mass is 35.5. The Labute approximate surface area is 120 Å². The van der Waals surface area contributed by atoms with Gasteiger partial charge in [0.1, 0.15) is 5.75 Å². The summed E-state index contributed by atoms with van der Waals surface area (Å²) in [6.45, 7) is 0. The Balaban J connectivity index is 2.29. The minimum absolute atomic E-state index is 0.0539. The Kier molecular flexibility index (Phi) is 4.25. The molecule has 0 radical (unpaired) electrons. The summed E-state index contributed by atoms with van der Waals surface area (Å²) in [5.74, 6) is -0.594. The molecule has 2 rings (SSSR count). The van der Waals surface area contributed by atoms with Gasteiger partial charge in [-0.05, 0) is 23.8 Å². The van der Waals surface area contributed by atoms with Gasteiger partial charge in [0.25, 0.3) is 0 Å². The number of hydrogen-bond acceptors (Lipinski definition) is 2. The van der Waals surface area contributed by atoms with Crippen LogP contribution in [-0.4, -0.2) is 10.9 Å². The van der Waals surface area contributed by atoms with Gasteiger partial charge >= 0.3 is 0 Å². The van der Waals surface area contributed by atoms with Crippen molar-refractivity contribution in [3.8, 4) is 5.75 Å². The first-order valence-corrected chi connectivity index (χ1v) is 6.29. The van der Waals surface area contributed by atoms with Crippen LogP contribution in [-0.2, 0) is 0 Å². The van der Waals surface area contributed by atoms with Crippen LogP contribution in [0, 0.1) is 0 Å². The molecule has 0 heterocycles. The number of benzene rings is 2. The fourth-order valence-electron chi connectivity index (χ4n) is 1.62. The summed E-state index contributed by atoms with van der Waals surface area (Å²) in [4.78, 5) is 12.0. The molecule has 0 atom stereocenters. The third-order valence-electron chi connectivity index (χ3n) is 2.51. The van der Waals surface area contributed by atoms with Crippen LogP contribution in [0.4, 0.5) is 0 Å². The van der Waals surface area contributed by atoms with Crippen molar-refractivity contribution in [2.24, 2.45) is 0 Å². The van der Waals surface area contributed by atoms with E-state index in [1.165, 1.54) is 18.2 Å². The lowest BCUT2D eigenvalue weighted by atomic mass is 10.1. The highest BCUT2D eigenvalue weighted by Gasteiger charge is 2.14. The van der Waals surface area contributed by atoms with Crippen LogP contribution in [0.25, 0.3) is 6.08 Å². The van der Waals surface area contributed by atoms with Crippen molar-refractivity contribution in [2.45, 2.75) is 0 Å². The predicted octanol–water partition coefficient (Wildman–Crippen LogP) is 4.60. The molecule has 0 saturated heterocycles. The average Bonchev–Trinajstić information content (AvgIpc) is 2.36. The van der Waals surface area contributed by atoms with E-state index in [2.05, 4.69) is 0 Å². The molecule has 0 aliphatic carbocycles. The molecule has 0 saturated carbocycles. The Bertz CT molecular complexity index is 611. The fraction of sp³-hybridized carbons (Fsp3) is 0. The number of aromatic hydroxyl groups is 1. The maximum absolute atomic E-state index is 12.0. The van der Waals surface area contributed by atoms with Crippen molar-refractivity contribution < 1.29 is 9.90 Å². The SMILES string of the molecule is O=C(/C=C/c1ccccc1)c1c(O)cc(Cl)cc1Cl. The van der Waals surface area contributed by atoms with Crippen molar-refractivity contribution in [1.82, 2.24) is 0 Å². The molecule has 0 spiro atoms. The zero-order valence-electron chi connectivity index (χ0n) is 9.81. The van der Waals surface area contributed by atoms with Crippen molar-refractivity contribution in [1.29, 1.82) is 0 Å². The number of rotatable bonds is 3. The number of phenols is 1. The van der Waals surface area contributed by atoms with Gasteiger partial charge in [-0.1, -0.05) is 59.6 Å². The van der Waals surface area contributed by atoms with Gasteiger partial charge in [-0.2, -0.15) is 0 Å². The Morgan fingerprint density at radius 2 is 1.79 bits per heavy atom. The van der Waals surface area contributed by atoms with Crippen LogP contribution in [0.2, 0.25) is 10.0 Å². The molecule has 0 amide bonds. The van der Waals surface area contributed by atoms with Gasteiger partial charge < -0.3 is 5.11 Å². The molecule has 0 aliphatic heterocycles. The van der Waals surface area contributed by atoms with Crippen LogP contribution in [0.15, 0.2) is 48.5 Å². The molecule has 2 aromatic rings. The summed E-state index contributed by atoms with van der Waals surface area (Å²) in [7, 11) is 0. The van der Waals surface area contributed by atoms with Crippen LogP contribution in [0.1, 0.15) is 15.9 Å². The minimum Gasteiger partial charge on any atom is -0.507 e. The number of allylic oxidation sites excluding steroid dienone is 1. The lowest BCUT2D eigenvalue weighted by Crippen LogP contribution is -1.96. The van der Waals surface area contributed by atoms with Crippen molar-refractivity contribution in [2.75, 3.05) is 0 Å². The van der Waals surface area contributed by atoms with E-state index in [4.69, 9.17) is 23.2 Å². The molecule has 2 aromatic carbocycles. The summed E-state index contributed by atoms with van der Waals surface area (Å²) in [6.07, 6.45) is 3.02. The van der Waals surface area contributed by atoms with Crippen LogP contribution in [0.5, 0.6) is 5.75 Å². The van der Waals surface area contributed by atoms with Gasteiger partial charge in [0.2, 0.25) is 0 Å². The monoisotopic (exact) mass is 292 g/mol. The molecular weight excluding hydrogens is 283 g/mol. The molecule has 0 aliphatic rings. The van der Waals surface area contributed by atoms with Gasteiger partial charge in [0.15, 0.2) is 5.78 Å². The van der Waals surface area contributed by atoms with E-state index < -0.39 is 0 Å². The van der Waals surface area contributed by atoms with Gasteiger partial charge in [-0.25, -0.2) is 0 Å². The van der Waals surface area contributed by atoms with E-state index >= 15 is 0 Å². The second-order valence-corrected chi connectivity index (χ2v) is 4.73. The van der Waals surface area contributed by atoms with Gasteiger partial charge in [-0.3, -0.25) is 4.79 Å². The molecule has 4 heteroatoms. The molecule has 0 bridgehead atoms. The van der Waals surface area contributed by atoms with E-state index in [1.807, 2.05) is 30.3 Å². The molecule has 0 aromatic heterocycles. The predicted molar refractivity (Wildman–Crippen MR) is 77.9 cm³/mol. The van der Waals surface area contributed by atoms with Gasteiger partial charge in [-0.15, -0.1) is 0 Å². The summed E-state index contributed by atoms with van der Waals surface area (Å²) < 4.78 is 0. The summed E-state index contributed by atoms with van der Waals surface area (Å²) in [5, 5.41) is 10.1. The zero-order chi connectivity index (χ0) is 13.8. The average molecular weight is 293 g/mol. The maximum atomic E-state index is 12.0. The van der Waals surface area contributed by atoms with E-state index in [0.717, 1.165) is 5.56 Å². The van der Waals surface area contributed by atoms with Crippen LogP contribution < -0.4 is 0 Å². The molecule has 0 fully saturated rings. The molecule has 0 unspecified atom stereocenters. The Morgan fingerprint density at radius 3 is 2.42 bits per heavy atom. The first-order chi connectivity index (χ1) is 9.08. The van der Waals surface area contributed by atoms with E-state index in [0.29, 0.717) is 0 Å². The number of carbonyl (C=O) groups is 1. The van der Waals surface area contributed by atoms with Crippen molar-refractivity contribution in [3.05, 3.63) is 69.7 Å². The number of ketones is 1. The first-order valence-electron chi connectivity index (χ1n) is 5.53. The third-order valence-corrected chi connectivity index (χ3v) is 3.02. The molecule has 96 valence electrons. The van der Waals surface area contributed by atoms with Gasteiger partial charge in [0, 0.05) is 5.02 Å².